The van der Waals surface area contributed by atoms with Crippen molar-refractivity contribution in [2.45, 2.75) is 12.6 Å². The lowest BCUT2D eigenvalue weighted by Gasteiger charge is -2.20. The number of nitrogens with one attached hydrogen (secondary N) is 1. The fourth-order valence-electron chi connectivity index (χ4n) is 1.73. The molecule has 2 amide bonds. The van der Waals surface area contributed by atoms with Gasteiger partial charge in [0.05, 0.1) is 5.88 Å². The van der Waals surface area contributed by atoms with Gasteiger partial charge in [-0.2, -0.15) is 0 Å². The van der Waals surface area contributed by atoms with Crippen molar-refractivity contribution >= 4 is 23.8 Å². The first kappa shape index (κ1) is 13.7. The van der Waals surface area contributed by atoms with Crippen LogP contribution in [-0.2, 0) is 11.3 Å². The summed E-state index contributed by atoms with van der Waals surface area (Å²) in [5.74, 6) is -0.565. The Balaban J connectivity index is 1.90. The van der Waals surface area contributed by atoms with Crippen LogP contribution in [0.25, 0.3) is 0 Å². The van der Waals surface area contributed by atoms with Gasteiger partial charge >= 0.3 is 12.0 Å². The van der Waals surface area contributed by atoms with Gasteiger partial charge in [0.15, 0.2) is 0 Å². The normalized spacial score (nSPS) is 18.4. The molecule has 1 saturated heterocycles. The van der Waals surface area contributed by atoms with Crippen LogP contribution >= 0.6 is 11.8 Å². The molecule has 1 aromatic rings. The van der Waals surface area contributed by atoms with Crippen LogP contribution in [0.3, 0.4) is 0 Å². The zero-order valence-electron chi connectivity index (χ0n) is 10.0. The standard InChI is InChI=1S/C12H13FN2O3S/c13-9-3-1-8(2-4-9)5-14-12(18)15-7-19-6-10(15)11(16)17/h1-4,10H,5-7H2,(H,14,18)(H,16,17)/t10-/m0/s1. The molecule has 102 valence electrons. The molecule has 2 rings (SSSR count). The summed E-state index contributed by atoms with van der Waals surface area (Å²) in [6.45, 7) is 0.243. The van der Waals surface area contributed by atoms with Crippen LogP contribution in [0.2, 0.25) is 0 Å². The van der Waals surface area contributed by atoms with E-state index in [4.69, 9.17) is 5.11 Å². The second kappa shape index (κ2) is 5.92. The van der Waals surface area contributed by atoms with Crippen molar-refractivity contribution in [3.05, 3.63) is 35.6 Å². The van der Waals surface area contributed by atoms with Crippen molar-refractivity contribution in [2.75, 3.05) is 11.6 Å². The minimum atomic E-state index is -0.998. The highest BCUT2D eigenvalue weighted by molar-refractivity contribution is 7.99. The van der Waals surface area contributed by atoms with Gasteiger partial charge in [0.1, 0.15) is 11.9 Å². The Morgan fingerprint density at radius 1 is 1.42 bits per heavy atom. The number of hydrogen-bond acceptors (Lipinski definition) is 3. The number of nitrogens with zero attached hydrogens (tertiary/aromatic N) is 1. The third-order valence-corrected chi connectivity index (χ3v) is 3.80. The number of carboxylic acid groups (broad SMARTS) is 1. The van der Waals surface area contributed by atoms with E-state index in [0.717, 1.165) is 5.56 Å². The van der Waals surface area contributed by atoms with Gasteiger partial charge in [0.2, 0.25) is 0 Å². The van der Waals surface area contributed by atoms with Crippen molar-refractivity contribution in [2.24, 2.45) is 0 Å². The van der Waals surface area contributed by atoms with E-state index in [1.54, 1.807) is 12.1 Å². The Bertz CT molecular complexity index is 480. The maximum Gasteiger partial charge on any atom is 0.327 e. The van der Waals surface area contributed by atoms with Crippen molar-refractivity contribution in [1.82, 2.24) is 10.2 Å². The van der Waals surface area contributed by atoms with E-state index in [1.807, 2.05) is 0 Å². The number of amides is 2. The summed E-state index contributed by atoms with van der Waals surface area (Å²) >= 11 is 1.41. The monoisotopic (exact) mass is 284 g/mol. The van der Waals surface area contributed by atoms with Crippen LogP contribution in [0, 0.1) is 5.82 Å². The maximum absolute atomic E-state index is 12.7. The van der Waals surface area contributed by atoms with Gasteiger partial charge in [-0.15, -0.1) is 11.8 Å². The number of hydrogen-bond donors (Lipinski definition) is 2. The van der Waals surface area contributed by atoms with Crippen LogP contribution in [0.4, 0.5) is 9.18 Å². The summed E-state index contributed by atoms with van der Waals surface area (Å²) in [6.07, 6.45) is 0. The third kappa shape index (κ3) is 3.37. The van der Waals surface area contributed by atoms with Crippen molar-refractivity contribution in [1.29, 1.82) is 0 Å². The molecule has 1 aliphatic rings. The predicted octanol–water partition coefficient (Wildman–Crippen LogP) is 1.49. The van der Waals surface area contributed by atoms with Gasteiger partial charge in [0, 0.05) is 12.3 Å². The van der Waals surface area contributed by atoms with E-state index in [2.05, 4.69) is 5.32 Å². The molecule has 19 heavy (non-hydrogen) atoms. The molecule has 1 aromatic carbocycles. The lowest BCUT2D eigenvalue weighted by molar-refractivity contribution is -0.140. The van der Waals surface area contributed by atoms with E-state index in [-0.39, 0.29) is 12.4 Å². The number of aliphatic carboxylic acids is 1. The summed E-state index contributed by atoms with van der Waals surface area (Å²) in [6, 6.07) is 4.58. The Morgan fingerprint density at radius 3 is 2.74 bits per heavy atom. The Kier molecular flexibility index (Phi) is 4.26. The SMILES string of the molecule is O=C(O)[C@@H]1CSCN1C(=O)NCc1ccc(F)cc1. The number of carboxylic acids is 1. The molecule has 1 fully saturated rings. The van der Waals surface area contributed by atoms with Crippen LogP contribution in [0.15, 0.2) is 24.3 Å². The molecule has 1 heterocycles. The van der Waals surface area contributed by atoms with Gasteiger partial charge in [-0.05, 0) is 17.7 Å². The van der Waals surface area contributed by atoms with Crippen LogP contribution in [-0.4, -0.2) is 39.7 Å². The Morgan fingerprint density at radius 2 is 2.11 bits per heavy atom. The number of benzene rings is 1. The number of halogens is 1. The second-order valence-electron chi connectivity index (χ2n) is 4.11. The largest absolute Gasteiger partial charge is 0.480 e. The second-order valence-corrected chi connectivity index (χ2v) is 5.11. The molecule has 0 radical (unpaired) electrons. The number of thioether (sulfide) groups is 1. The molecule has 0 saturated carbocycles. The van der Waals surface area contributed by atoms with Crippen LogP contribution in [0.5, 0.6) is 0 Å². The molecular weight excluding hydrogens is 271 g/mol. The molecule has 1 atom stereocenters. The van der Waals surface area contributed by atoms with Crippen molar-refractivity contribution in [3.63, 3.8) is 0 Å². The molecule has 0 unspecified atom stereocenters. The molecule has 1 aliphatic heterocycles. The molecule has 7 heteroatoms. The minimum absolute atomic E-state index is 0.243. The topological polar surface area (TPSA) is 69.6 Å². The molecular formula is C12H13FN2O3S. The third-order valence-electron chi connectivity index (χ3n) is 2.79. The predicted molar refractivity (Wildman–Crippen MR) is 69.2 cm³/mol. The van der Waals surface area contributed by atoms with Crippen LogP contribution < -0.4 is 5.32 Å². The Hall–Kier alpha value is -1.76. The lowest BCUT2D eigenvalue weighted by Crippen LogP contribution is -2.46. The highest BCUT2D eigenvalue weighted by Crippen LogP contribution is 2.20. The highest BCUT2D eigenvalue weighted by Gasteiger charge is 2.34. The van der Waals surface area contributed by atoms with E-state index in [1.165, 1.54) is 28.8 Å². The molecule has 5 nitrogen and oxygen atoms in total. The summed E-state index contributed by atoms with van der Waals surface area (Å²) in [5.41, 5.74) is 0.758. The first-order valence-electron chi connectivity index (χ1n) is 5.67. The van der Waals surface area contributed by atoms with E-state index in [9.17, 15) is 14.0 Å². The fourth-order valence-corrected chi connectivity index (χ4v) is 2.87. The average molecular weight is 284 g/mol. The quantitative estimate of drug-likeness (QED) is 0.882. The number of urea groups is 1. The average Bonchev–Trinajstić information content (AvgIpc) is 2.87. The first-order chi connectivity index (χ1) is 9.08. The summed E-state index contributed by atoms with van der Waals surface area (Å²) in [4.78, 5) is 24.1. The molecule has 0 aromatic heterocycles. The van der Waals surface area contributed by atoms with Gasteiger partial charge in [-0.25, -0.2) is 14.0 Å². The first-order valence-corrected chi connectivity index (χ1v) is 6.83. The summed E-state index contributed by atoms with van der Waals surface area (Å²) in [5, 5.41) is 11.6. The molecule has 2 N–H and O–H groups in total. The highest BCUT2D eigenvalue weighted by atomic mass is 32.2. The minimum Gasteiger partial charge on any atom is -0.480 e. The zero-order chi connectivity index (χ0) is 13.8. The van der Waals surface area contributed by atoms with Crippen LogP contribution in [0.1, 0.15) is 5.56 Å². The van der Waals surface area contributed by atoms with Gasteiger partial charge in [0.25, 0.3) is 0 Å². The smallest absolute Gasteiger partial charge is 0.327 e. The number of carbonyl (C=O) groups excluding carboxylic acids is 1. The Labute approximate surface area is 113 Å². The molecule has 0 aliphatic carbocycles. The van der Waals surface area contributed by atoms with E-state index < -0.39 is 18.0 Å². The summed E-state index contributed by atoms with van der Waals surface area (Å²) in [7, 11) is 0. The number of rotatable bonds is 3. The molecule has 0 bridgehead atoms. The fraction of sp³-hybridized carbons (Fsp3) is 0.333. The van der Waals surface area contributed by atoms with E-state index >= 15 is 0 Å². The van der Waals surface area contributed by atoms with Gasteiger partial charge in [-0.3, -0.25) is 0 Å². The van der Waals surface area contributed by atoms with E-state index in [0.29, 0.717) is 11.6 Å². The zero-order valence-corrected chi connectivity index (χ0v) is 10.8. The van der Waals surface area contributed by atoms with Crippen molar-refractivity contribution < 1.29 is 19.1 Å². The van der Waals surface area contributed by atoms with Gasteiger partial charge < -0.3 is 15.3 Å². The maximum atomic E-state index is 12.7. The lowest BCUT2D eigenvalue weighted by atomic mass is 10.2. The summed E-state index contributed by atoms with van der Waals surface area (Å²) < 4.78 is 12.7. The molecule has 0 spiro atoms. The van der Waals surface area contributed by atoms with Crippen molar-refractivity contribution in [3.8, 4) is 0 Å². The van der Waals surface area contributed by atoms with Gasteiger partial charge in [-0.1, -0.05) is 12.1 Å². The number of carbonyl (C=O) groups is 2.